The molecule has 0 fully saturated rings. The third-order valence-corrected chi connectivity index (χ3v) is 8.32. The molecule has 0 aliphatic rings. The molecule has 1 nitrogen and oxygen atoms in total. The number of aromatic nitrogens is 1. The first-order chi connectivity index (χ1) is 18.3. The number of hydrogen-bond donors (Lipinski definition) is 0. The highest BCUT2D eigenvalue weighted by Crippen LogP contribution is 2.18. The first-order valence-electron chi connectivity index (χ1n) is 17.3. The maximum absolute atomic E-state index is 2.51. The topological polar surface area (TPSA) is 3.88 Å². The Kier molecular flexibility index (Phi) is 24.7. The van der Waals surface area contributed by atoms with Crippen LogP contribution in [0.4, 0.5) is 0 Å². The number of aryl methyl sites for hydroxylation is 3. The third-order valence-electron chi connectivity index (χ3n) is 8.32. The van der Waals surface area contributed by atoms with E-state index >= 15 is 0 Å². The summed E-state index contributed by atoms with van der Waals surface area (Å²) in [5.74, 6) is 0. The van der Waals surface area contributed by atoms with Gasteiger partial charge in [-0.1, -0.05) is 156 Å². The average molecular weight is 515 g/mol. The summed E-state index contributed by atoms with van der Waals surface area (Å²) in [5.41, 5.74) is 3.30. The zero-order chi connectivity index (χ0) is 26.7. The molecule has 0 aliphatic heterocycles. The van der Waals surface area contributed by atoms with Crippen molar-refractivity contribution >= 4 is 0 Å². The van der Waals surface area contributed by atoms with E-state index in [1.165, 1.54) is 180 Å². The van der Waals surface area contributed by atoms with E-state index in [-0.39, 0.29) is 0 Å². The van der Waals surface area contributed by atoms with Crippen LogP contribution in [0.25, 0.3) is 0 Å². The minimum atomic E-state index is 1.19. The van der Waals surface area contributed by atoms with Gasteiger partial charge in [0.05, 0.1) is 0 Å². The second kappa shape index (κ2) is 26.7. The van der Waals surface area contributed by atoms with Crippen molar-refractivity contribution in [3.8, 4) is 0 Å². The third kappa shape index (κ3) is 20.7. The van der Waals surface area contributed by atoms with E-state index in [1.807, 2.05) is 0 Å². The summed E-state index contributed by atoms with van der Waals surface area (Å²) in [6.45, 7) is 8.11. The Morgan fingerprint density at radius 2 is 0.757 bits per heavy atom. The molecule has 1 aromatic rings. The van der Waals surface area contributed by atoms with Gasteiger partial charge in [-0.2, -0.15) is 0 Å². The zero-order valence-corrected chi connectivity index (χ0v) is 26.0. The second-order valence-electron chi connectivity index (χ2n) is 12.0. The molecule has 0 saturated heterocycles. The van der Waals surface area contributed by atoms with Crippen LogP contribution in [-0.2, 0) is 19.4 Å². The molecule has 0 atom stereocenters. The largest absolute Gasteiger partial charge is 0.205 e. The van der Waals surface area contributed by atoms with E-state index in [2.05, 4.69) is 43.8 Å². The van der Waals surface area contributed by atoms with Crippen molar-refractivity contribution in [3.05, 3.63) is 29.6 Å². The van der Waals surface area contributed by atoms with Crippen molar-refractivity contribution < 1.29 is 4.57 Å². The fourth-order valence-corrected chi connectivity index (χ4v) is 5.73. The smallest absolute Gasteiger partial charge is 0.172 e. The van der Waals surface area contributed by atoms with Crippen molar-refractivity contribution in [2.45, 2.75) is 201 Å². The van der Waals surface area contributed by atoms with Crippen LogP contribution in [0.1, 0.15) is 192 Å². The molecule has 37 heavy (non-hydrogen) atoms. The Bertz CT molecular complexity index is 592. The van der Waals surface area contributed by atoms with Gasteiger partial charge in [-0.3, -0.25) is 0 Å². The molecular weight excluding hydrogens is 446 g/mol. The standard InChI is InChI=1S/C36H68N/c1-4-7-10-12-14-16-18-20-22-24-26-29-35-31-33-37(32-28-9-6-3)34-36(35)30-27-25-23-21-19-17-15-13-11-8-5-2/h31,33-34H,4-30,32H2,1-3H3/q+1. The fraction of sp³-hybridized carbons (Fsp3) is 0.861. The first kappa shape index (κ1) is 34.2. The summed E-state index contributed by atoms with van der Waals surface area (Å²) in [4.78, 5) is 0. The maximum atomic E-state index is 2.51. The maximum Gasteiger partial charge on any atom is 0.172 e. The first-order valence-corrected chi connectivity index (χ1v) is 17.3. The van der Waals surface area contributed by atoms with Gasteiger partial charge in [-0.25, -0.2) is 4.57 Å². The Morgan fingerprint density at radius 1 is 0.405 bits per heavy atom. The molecule has 1 rings (SSSR count). The lowest BCUT2D eigenvalue weighted by Crippen LogP contribution is -2.33. The summed E-state index contributed by atoms with van der Waals surface area (Å²) in [7, 11) is 0. The minimum Gasteiger partial charge on any atom is -0.205 e. The van der Waals surface area contributed by atoms with Crippen molar-refractivity contribution in [1.29, 1.82) is 0 Å². The number of rotatable bonds is 28. The van der Waals surface area contributed by atoms with Crippen LogP contribution in [0.3, 0.4) is 0 Å². The Labute approximate surface area is 234 Å². The molecule has 216 valence electrons. The molecule has 0 aliphatic carbocycles. The van der Waals surface area contributed by atoms with Gasteiger partial charge in [0.25, 0.3) is 0 Å². The molecule has 0 amide bonds. The lowest BCUT2D eigenvalue weighted by Gasteiger charge is -2.10. The van der Waals surface area contributed by atoms with Crippen LogP contribution in [0, 0.1) is 0 Å². The van der Waals surface area contributed by atoms with Gasteiger partial charge in [0.15, 0.2) is 12.4 Å². The Morgan fingerprint density at radius 3 is 1.19 bits per heavy atom. The van der Waals surface area contributed by atoms with Gasteiger partial charge < -0.3 is 0 Å². The normalized spacial score (nSPS) is 11.4. The van der Waals surface area contributed by atoms with E-state index in [0.29, 0.717) is 0 Å². The number of unbranched alkanes of at least 4 members (excludes halogenated alkanes) is 22. The molecule has 1 heterocycles. The molecule has 0 unspecified atom stereocenters. The van der Waals surface area contributed by atoms with Crippen LogP contribution < -0.4 is 4.57 Å². The van der Waals surface area contributed by atoms with Crippen molar-refractivity contribution in [2.24, 2.45) is 0 Å². The summed E-state index contributed by atoms with van der Waals surface area (Å²) < 4.78 is 2.48. The predicted molar refractivity (Wildman–Crippen MR) is 166 cm³/mol. The summed E-state index contributed by atoms with van der Waals surface area (Å²) in [6.07, 6.45) is 43.0. The number of hydrogen-bond acceptors (Lipinski definition) is 0. The van der Waals surface area contributed by atoms with Crippen molar-refractivity contribution in [3.63, 3.8) is 0 Å². The molecule has 1 aromatic heterocycles. The quantitative estimate of drug-likeness (QED) is 0.0773. The lowest BCUT2D eigenvalue weighted by atomic mass is 9.97. The Balaban J connectivity index is 2.27. The lowest BCUT2D eigenvalue weighted by molar-refractivity contribution is -0.697. The van der Waals surface area contributed by atoms with Gasteiger partial charge in [-0.05, 0) is 37.7 Å². The summed E-state index contributed by atoms with van der Waals surface area (Å²) in [5, 5.41) is 0. The number of pyridine rings is 1. The van der Waals surface area contributed by atoms with Crippen LogP contribution in [0.15, 0.2) is 18.5 Å². The van der Waals surface area contributed by atoms with Crippen LogP contribution in [-0.4, -0.2) is 0 Å². The van der Waals surface area contributed by atoms with Gasteiger partial charge in [0, 0.05) is 18.1 Å². The van der Waals surface area contributed by atoms with E-state index in [1.54, 1.807) is 11.1 Å². The second-order valence-corrected chi connectivity index (χ2v) is 12.0. The van der Waals surface area contributed by atoms with Gasteiger partial charge in [0.2, 0.25) is 0 Å². The fourth-order valence-electron chi connectivity index (χ4n) is 5.73. The van der Waals surface area contributed by atoms with Crippen LogP contribution >= 0.6 is 0 Å². The molecular formula is C36H68N+. The van der Waals surface area contributed by atoms with E-state index in [4.69, 9.17) is 0 Å². The molecule has 0 N–H and O–H groups in total. The summed E-state index contributed by atoms with van der Waals surface area (Å²) in [6, 6.07) is 2.47. The Hall–Kier alpha value is -0.850. The highest BCUT2D eigenvalue weighted by Gasteiger charge is 2.10. The zero-order valence-electron chi connectivity index (χ0n) is 26.0. The highest BCUT2D eigenvalue weighted by atomic mass is 14.9. The number of nitrogens with zero attached hydrogens (tertiary/aromatic N) is 1. The van der Waals surface area contributed by atoms with Crippen LogP contribution in [0.2, 0.25) is 0 Å². The molecule has 0 spiro atoms. The molecule has 0 bridgehead atoms. The van der Waals surface area contributed by atoms with E-state index < -0.39 is 0 Å². The minimum absolute atomic E-state index is 1.19. The predicted octanol–water partition coefficient (Wildman–Crippen LogP) is 11.9. The van der Waals surface area contributed by atoms with Crippen molar-refractivity contribution in [2.75, 3.05) is 0 Å². The van der Waals surface area contributed by atoms with Crippen LogP contribution in [0.5, 0.6) is 0 Å². The van der Waals surface area contributed by atoms with Gasteiger partial charge in [0.1, 0.15) is 6.54 Å². The average Bonchev–Trinajstić information content (AvgIpc) is 2.91. The monoisotopic (exact) mass is 515 g/mol. The SMILES string of the molecule is CCCCCCCCCCCCCc1cc[n+](CCCCC)cc1CCCCCCCCCCCCC. The summed E-state index contributed by atoms with van der Waals surface area (Å²) >= 11 is 0. The van der Waals surface area contributed by atoms with E-state index in [9.17, 15) is 0 Å². The van der Waals surface area contributed by atoms with Crippen molar-refractivity contribution in [1.82, 2.24) is 0 Å². The highest BCUT2D eigenvalue weighted by molar-refractivity contribution is 5.21. The molecule has 1 heteroatoms. The molecule has 0 aromatic carbocycles. The van der Waals surface area contributed by atoms with E-state index in [0.717, 1.165) is 0 Å². The molecule has 0 saturated carbocycles. The van der Waals surface area contributed by atoms with Gasteiger partial charge in [-0.15, -0.1) is 0 Å². The van der Waals surface area contributed by atoms with Gasteiger partial charge >= 0.3 is 0 Å². The molecule has 0 radical (unpaired) electrons.